The van der Waals surface area contributed by atoms with Crippen molar-refractivity contribution in [2.24, 2.45) is 11.5 Å². The Hall–Kier alpha value is -0.490. The molecule has 0 aliphatic heterocycles. The van der Waals surface area contributed by atoms with Crippen LogP contribution in [0.25, 0.3) is 0 Å². The number of thiol groups is 1. The van der Waals surface area contributed by atoms with Gasteiger partial charge in [0.2, 0.25) is 0 Å². The lowest BCUT2D eigenvalue weighted by Gasteiger charge is -1.71. The number of aliphatic carboxylic acids is 1. The highest BCUT2D eigenvalue weighted by molar-refractivity contribution is 7.81. The van der Waals surface area contributed by atoms with Gasteiger partial charge in [-0.2, -0.15) is 12.6 Å². The van der Waals surface area contributed by atoms with E-state index in [4.69, 9.17) is 5.11 Å². The zero-order valence-corrected chi connectivity index (χ0v) is 9.70. The first kappa shape index (κ1) is 18.3. The topological polar surface area (TPSA) is 89.3 Å². The molecule has 0 saturated heterocycles. The van der Waals surface area contributed by atoms with E-state index in [1.807, 2.05) is 0 Å². The van der Waals surface area contributed by atoms with Crippen molar-refractivity contribution in [3.05, 3.63) is 0 Å². The Kier molecular flexibility index (Phi) is 24.7. The third kappa shape index (κ3) is 165. The summed E-state index contributed by atoms with van der Waals surface area (Å²) in [5.41, 5.74) is 9.24. The van der Waals surface area contributed by atoms with E-state index >= 15 is 0 Å². The van der Waals surface area contributed by atoms with E-state index in [0.717, 1.165) is 0 Å². The molecule has 0 spiro atoms. The second kappa shape index (κ2) is 17.6. The summed E-state index contributed by atoms with van der Waals surface area (Å²) < 4.78 is 0. The van der Waals surface area contributed by atoms with Crippen LogP contribution < -0.4 is 11.5 Å². The molecule has 4 nitrogen and oxygen atoms in total. The lowest BCUT2D eigenvalue weighted by Crippen LogP contribution is -2.18. The smallest absolute Gasteiger partial charge is 0.313 e. The summed E-state index contributed by atoms with van der Waals surface area (Å²) in [6.07, 6.45) is 2.64. The minimum Gasteiger partial charge on any atom is -0.481 e. The van der Waals surface area contributed by atoms with Crippen LogP contribution in [0, 0.1) is 0 Å². The van der Waals surface area contributed by atoms with E-state index < -0.39 is 5.97 Å². The van der Waals surface area contributed by atoms with Crippen molar-refractivity contribution in [1.29, 1.82) is 0 Å². The van der Waals surface area contributed by atoms with Gasteiger partial charge in [-0.05, 0) is 12.2 Å². The molecule has 0 rings (SSSR count). The molecule has 0 aliphatic rings. The fourth-order valence-electron chi connectivity index (χ4n) is 0. The van der Waals surface area contributed by atoms with Gasteiger partial charge >= 0.3 is 5.97 Å². The summed E-state index contributed by atoms with van der Waals surface area (Å²) in [6, 6.07) is 0. The molecular formula is C7H18N2O2S2. The van der Waals surface area contributed by atoms with Crippen LogP contribution in [0.3, 0.4) is 0 Å². The highest BCUT2D eigenvalue weighted by Crippen LogP contribution is 1.76. The highest BCUT2D eigenvalue weighted by Gasteiger charge is 1.81. The molecule has 0 aromatic carbocycles. The molecule has 0 aromatic rings. The maximum atomic E-state index is 9.29. The van der Waals surface area contributed by atoms with Crippen molar-refractivity contribution in [2.75, 3.05) is 5.75 Å². The number of nitrogens with two attached hydrogens (primary N) is 2. The van der Waals surface area contributed by atoms with E-state index in [1.54, 1.807) is 0 Å². The molecule has 0 unspecified atom stereocenters. The lowest BCUT2D eigenvalue weighted by atomic mass is 10.4. The van der Waals surface area contributed by atoms with Crippen molar-refractivity contribution in [3.8, 4) is 0 Å². The Balaban J connectivity index is -0.000000117. The summed E-state index contributed by atoms with van der Waals surface area (Å²) in [4.78, 5) is 9.29. The monoisotopic (exact) mass is 226 g/mol. The van der Waals surface area contributed by atoms with Crippen LogP contribution in [0.5, 0.6) is 0 Å². The van der Waals surface area contributed by atoms with Gasteiger partial charge in [0.05, 0.1) is 5.75 Å². The van der Waals surface area contributed by atoms with E-state index in [1.165, 1.54) is 12.8 Å². The molecule has 0 amide bonds. The number of rotatable bonds is 2. The van der Waals surface area contributed by atoms with E-state index in [9.17, 15) is 4.79 Å². The molecule has 13 heavy (non-hydrogen) atoms. The Morgan fingerprint density at radius 2 is 1.54 bits per heavy atom. The van der Waals surface area contributed by atoms with Gasteiger partial charge in [-0.1, -0.05) is 26.7 Å². The van der Waals surface area contributed by atoms with E-state index in [0.29, 0.717) is 0 Å². The van der Waals surface area contributed by atoms with Crippen LogP contribution in [0.15, 0.2) is 0 Å². The summed E-state index contributed by atoms with van der Waals surface area (Å²) in [7, 11) is 0. The van der Waals surface area contributed by atoms with Gasteiger partial charge in [0, 0.05) is 0 Å². The predicted octanol–water partition coefficient (Wildman–Crippen LogP) is 0.996. The zero-order valence-electron chi connectivity index (χ0n) is 7.99. The minimum atomic E-state index is -0.881. The SMILES string of the molecule is CCCC.NC(N)=S.O=C(O)CS. The highest BCUT2D eigenvalue weighted by atomic mass is 32.1. The van der Waals surface area contributed by atoms with Gasteiger partial charge in [0.25, 0.3) is 0 Å². The number of thiocarbonyl (C=S) groups is 1. The predicted molar refractivity (Wildman–Crippen MR) is 63.0 cm³/mol. The molecule has 0 heterocycles. The van der Waals surface area contributed by atoms with Crippen LogP contribution in [0.1, 0.15) is 26.7 Å². The molecule has 0 radical (unpaired) electrons. The molecule has 5 N–H and O–H groups in total. The quantitative estimate of drug-likeness (QED) is 0.416. The molecule has 0 fully saturated rings. The van der Waals surface area contributed by atoms with Crippen molar-refractivity contribution in [1.82, 2.24) is 0 Å². The second-order valence-corrected chi connectivity index (χ2v) is 2.74. The maximum Gasteiger partial charge on any atom is 0.313 e. The fraction of sp³-hybridized carbons (Fsp3) is 0.714. The molecule has 80 valence electrons. The third-order valence-electron chi connectivity index (χ3n) is 0.635. The van der Waals surface area contributed by atoms with Crippen molar-refractivity contribution >= 4 is 35.9 Å². The Labute approximate surface area is 90.1 Å². The molecule has 0 saturated carbocycles. The average molecular weight is 226 g/mol. The van der Waals surface area contributed by atoms with Crippen LogP contribution in [0.4, 0.5) is 0 Å². The van der Waals surface area contributed by atoms with Gasteiger partial charge in [0.15, 0.2) is 5.11 Å². The van der Waals surface area contributed by atoms with Gasteiger partial charge in [-0.15, -0.1) is 0 Å². The molecule has 0 aromatic heterocycles. The summed E-state index contributed by atoms with van der Waals surface area (Å²) in [5.74, 6) is -0.965. The summed E-state index contributed by atoms with van der Waals surface area (Å²) in [6.45, 7) is 4.36. The van der Waals surface area contributed by atoms with E-state index in [2.05, 4.69) is 50.2 Å². The first-order chi connectivity index (χ1) is 5.92. The molecule has 0 aliphatic carbocycles. The number of unbranched alkanes of at least 4 members (excludes halogenated alkanes) is 1. The van der Waals surface area contributed by atoms with Gasteiger partial charge in [-0.3, -0.25) is 4.79 Å². The van der Waals surface area contributed by atoms with Crippen LogP contribution in [-0.4, -0.2) is 21.9 Å². The number of carboxylic acids is 1. The molecule has 0 atom stereocenters. The Morgan fingerprint density at radius 3 is 1.54 bits per heavy atom. The van der Waals surface area contributed by atoms with Gasteiger partial charge < -0.3 is 16.6 Å². The minimum absolute atomic E-state index is 0.000000000000000222. The van der Waals surface area contributed by atoms with Crippen LogP contribution >= 0.6 is 24.8 Å². The van der Waals surface area contributed by atoms with Crippen molar-refractivity contribution in [2.45, 2.75) is 26.7 Å². The molecule has 0 bridgehead atoms. The first-order valence-electron chi connectivity index (χ1n) is 3.79. The molecule has 6 heteroatoms. The third-order valence-corrected chi connectivity index (χ3v) is 0.906. The summed E-state index contributed by atoms with van der Waals surface area (Å²) in [5, 5.41) is 7.65. The zero-order chi connectivity index (χ0) is 11.3. The van der Waals surface area contributed by atoms with Crippen LogP contribution in [-0.2, 0) is 4.79 Å². The Bertz CT molecular complexity index is 126. The maximum absolute atomic E-state index is 9.29. The van der Waals surface area contributed by atoms with Crippen LogP contribution in [0.2, 0.25) is 0 Å². The number of hydrogen-bond donors (Lipinski definition) is 4. The summed E-state index contributed by atoms with van der Waals surface area (Å²) >= 11 is 7.51. The number of carboxylic acid groups (broad SMARTS) is 1. The Morgan fingerprint density at radius 1 is 1.38 bits per heavy atom. The number of hydrogen-bond acceptors (Lipinski definition) is 3. The van der Waals surface area contributed by atoms with Gasteiger partial charge in [-0.25, -0.2) is 0 Å². The van der Waals surface area contributed by atoms with Crippen molar-refractivity contribution in [3.63, 3.8) is 0 Å². The van der Waals surface area contributed by atoms with Crippen molar-refractivity contribution < 1.29 is 9.90 Å². The average Bonchev–Trinajstić information content (AvgIpc) is 2.04. The largest absolute Gasteiger partial charge is 0.481 e. The first-order valence-corrected chi connectivity index (χ1v) is 4.83. The van der Waals surface area contributed by atoms with Gasteiger partial charge in [0.1, 0.15) is 0 Å². The second-order valence-electron chi connectivity index (χ2n) is 1.95. The lowest BCUT2D eigenvalue weighted by molar-refractivity contribution is -0.133. The fourth-order valence-corrected chi connectivity index (χ4v) is 0. The molecular weight excluding hydrogens is 208 g/mol. The standard InChI is InChI=1S/C4H10.C2H4O2S.CH4N2S/c1-3-4-2;3-2(4)1-5;2-1(3)4/h3-4H2,1-2H3;5H,1H2,(H,3,4);(H4,2,3,4). The van der Waals surface area contributed by atoms with E-state index in [-0.39, 0.29) is 10.9 Å². The number of carbonyl (C=O) groups is 1. The normalized spacial score (nSPS) is 7.00.